The Morgan fingerprint density at radius 1 is 1.40 bits per heavy atom. The molecule has 0 spiro atoms. The molecule has 1 atom stereocenters. The van der Waals surface area contributed by atoms with E-state index < -0.39 is 0 Å². The summed E-state index contributed by atoms with van der Waals surface area (Å²) in [6.07, 6.45) is 0.531. The molecule has 0 aliphatic heterocycles. The fraction of sp³-hybridized carbons (Fsp3) is 0.417. The third-order valence-corrected chi connectivity index (χ3v) is 2.25. The normalized spacial score (nSPS) is 12.1. The zero-order chi connectivity index (χ0) is 11.1. The summed E-state index contributed by atoms with van der Waals surface area (Å²) in [5.74, 6) is 0.968. The molecule has 3 heteroatoms. The van der Waals surface area contributed by atoms with Crippen LogP contribution >= 0.6 is 0 Å². The molecule has 1 aromatic carbocycles. The number of carbonyl (C=O) groups is 1. The second kappa shape index (κ2) is 6.19. The van der Waals surface area contributed by atoms with Crippen molar-refractivity contribution in [1.29, 1.82) is 0 Å². The van der Waals surface area contributed by atoms with E-state index in [9.17, 15) is 4.79 Å². The molecule has 1 aromatic rings. The average Bonchev–Trinajstić information content (AvgIpc) is 2.31. The summed E-state index contributed by atoms with van der Waals surface area (Å²) >= 11 is 0. The molecule has 0 heterocycles. The van der Waals surface area contributed by atoms with Crippen molar-refractivity contribution >= 4 is 5.78 Å². The molecule has 0 saturated heterocycles. The van der Waals surface area contributed by atoms with Crippen molar-refractivity contribution in [3.05, 3.63) is 30.3 Å². The molecule has 0 aliphatic rings. The van der Waals surface area contributed by atoms with E-state index in [0.717, 1.165) is 5.75 Å². The lowest BCUT2D eigenvalue weighted by Crippen LogP contribution is -2.38. The van der Waals surface area contributed by atoms with Crippen LogP contribution in [0.5, 0.6) is 5.75 Å². The highest BCUT2D eigenvalue weighted by Gasteiger charge is 2.14. The number of nitrogens with one attached hydrogen (secondary N) is 1. The Bertz CT molecular complexity index is 298. The molecule has 15 heavy (non-hydrogen) atoms. The van der Waals surface area contributed by atoms with Crippen molar-refractivity contribution < 1.29 is 9.53 Å². The maximum absolute atomic E-state index is 11.4. The van der Waals surface area contributed by atoms with Gasteiger partial charge in [0.1, 0.15) is 18.4 Å². The summed E-state index contributed by atoms with van der Waals surface area (Å²) in [5, 5.41) is 2.95. The SMILES string of the molecule is CCC(=O)[C@H](COc1ccccc1)NC. The fourth-order valence-electron chi connectivity index (χ4n) is 1.28. The maximum Gasteiger partial charge on any atom is 0.152 e. The highest BCUT2D eigenvalue weighted by Crippen LogP contribution is 2.08. The van der Waals surface area contributed by atoms with Gasteiger partial charge in [-0.2, -0.15) is 0 Å². The molecule has 0 unspecified atom stereocenters. The van der Waals surface area contributed by atoms with Gasteiger partial charge in [0.2, 0.25) is 0 Å². The van der Waals surface area contributed by atoms with Gasteiger partial charge in [0, 0.05) is 6.42 Å². The number of hydrogen-bond donors (Lipinski definition) is 1. The van der Waals surface area contributed by atoms with Crippen LogP contribution in [0.25, 0.3) is 0 Å². The summed E-state index contributed by atoms with van der Waals surface area (Å²) in [7, 11) is 1.77. The van der Waals surface area contributed by atoms with Crippen molar-refractivity contribution in [2.45, 2.75) is 19.4 Å². The van der Waals surface area contributed by atoms with Crippen LogP contribution in [-0.2, 0) is 4.79 Å². The van der Waals surface area contributed by atoms with Gasteiger partial charge in [-0.05, 0) is 19.2 Å². The lowest BCUT2D eigenvalue weighted by atomic mass is 10.1. The Morgan fingerprint density at radius 3 is 2.60 bits per heavy atom. The Hall–Kier alpha value is -1.35. The molecule has 82 valence electrons. The van der Waals surface area contributed by atoms with Crippen molar-refractivity contribution in [3.63, 3.8) is 0 Å². The second-order valence-electron chi connectivity index (χ2n) is 3.29. The predicted molar refractivity (Wildman–Crippen MR) is 60.1 cm³/mol. The van der Waals surface area contributed by atoms with E-state index in [1.165, 1.54) is 0 Å². The molecule has 0 radical (unpaired) electrons. The molecule has 3 nitrogen and oxygen atoms in total. The van der Waals surface area contributed by atoms with Gasteiger partial charge in [-0.15, -0.1) is 0 Å². The topological polar surface area (TPSA) is 38.3 Å². The molecule has 0 aliphatic carbocycles. The van der Waals surface area contributed by atoms with Crippen molar-refractivity contribution in [1.82, 2.24) is 5.32 Å². The first-order valence-corrected chi connectivity index (χ1v) is 5.15. The van der Waals surface area contributed by atoms with Crippen molar-refractivity contribution in [2.75, 3.05) is 13.7 Å². The number of likely N-dealkylation sites (N-methyl/N-ethyl adjacent to an activating group) is 1. The highest BCUT2D eigenvalue weighted by molar-refractivity contribution is 5.83. The van der Waals surface area contributed by atoms with E-state index in [0.29, 0.717) is 13.0 Å². The van der Waals surface area contributed by atoms with Crippen molar-refractivity contribution in [2.24, 2.45) is 0 Å². The Kier molecular flexibility index (Phi) is 4.84. The molecule has 0 fully saturated rings. The van der Waals surface area contributed by atoms with Gasteiger partial charge in [0.15, 0.2) is 5.78 Å². The summed E-state index contributed by atoms with van der Waals surface area (Å²) in [4.78, 5) is 11.4. The van der Waals surface area contributed by atoms with Crippen LogP contribution in [-0.4, -0.2) is 25.5 Å². The van der Waals surface area contributed by atoms with E-state index in [4.69, 9.17) is 4.74 Å². The van der Waals surface area contributed by atoms with Crippen LogP contribution in [0.3, 0.4) is 0 Å². The second-order valence-corrected chi connectivity index (χ2v) is 3.29. The minimum absolute atomic E-state index is 0.174. The van der Waals surface area contributed by atoms with Crippen LogP contribution < -0.4 is 10.1 Å². The molecule has 0 amide bonds. The number of ether oxygens (including phenoxy) is 1. The maximum atomic E-state index is 11.4. The molecule has 1 N–H and O–H groups in total. The standard InChI is InChI=1S/C12H17NO2/c1-3-12(14)11(13-2)9-15-10-7-5-4-6-8-10/h4-8,11,13H,3,9H2,1-2H3/t11-/m0/s1. The largest absolute Gasteiger partial charge is 0.491 e. The van der Waals surface area contributed by atoms with Gasteiger partial charge in [-0.3, -0.25) is 4.79 Å². The van der Waals surface area contributed by atoms with E-state index in [2.05, 4.69) is 5.32 Å². The monoisotopic (exact) mass is 207 g/mol. The van der Waals surface area contributed by atoms with Crippen LogP contribution in [0, 0.1) is 0 Å². The van der Waals surface area contributed by atoms with E-state index >= 15 is 0 Å². The zero-order valence-electron chi connectivity index (χ0n) is 9.19. The average molecular weight is 207 g/mol. The minimum atomic E-state index is -0.213. The van der Waals surface area contributed by atoms with Crippen LogP contribution in [0.1, 0.15) is 13.3 Å². The lowest BCUT2D eigenvalue weighted by molar-refractivity contribution is -0.121. The Balaban J connectivity index is 2.44. The predicted octanol–water partition coefficient (Wildman–Crippen LogP) is 1.63. The van der Waals surface area contributed by atoms with Gasteiger partial charge >= 0.3 is 0 Å². The molecule has 1 rings (SSSR count). The van der Waals surface area contributed by atoms with Gasteiger partial charge < -0.3 is 10.1 Å². The van der Waals surface area contributed by atoms with E-state index in [-0.39, 0.29) is 11.8 Å². The number of benzene rings is 1. The minimum Gasteiger partial charge on any atom is -0.491 e. The number of carbonyl (C=O) groups excluding carboxylic acids is 1. The summed E-state index contributed by atoms with van der Waals surface area (Å²) in [6.45, 7) is 2.24. The lowest BCUT2D eigenvalue weighted by Gasteiger charge is -2.14. The number of ketones is 1. The molecule has 0 bridgehead atoms. The Labute approximate surface area is 90.4 Å². The van der Waals surface area contributed by atoms with Gasteiger partial charge in [-0.25, -0.2) is 0 Å². The van der Waals surface area contributed by atoms with Crippen molar-refractivity contribution in [3.8, 4) is 5.75 Å². The van der Waals surface area contributed by atoms with Crippen LogP contribution in [0.2, 0.25) is 0 Å². The third kappa shape index (κ3) is 3.72. The first-order valence-electron chi connectivity index (χ1n) is 5.15. The van der Waals surface area contributed by atoms with E-state index in [1.807, 2.05) is 37.3 Å². The molecule has 0 saturated carbocycles. The summed E-state index contributed by atoms with van der Waals surface area (Å²) in [5.41, 5.74) is 0. The first kappa shape index (κ1) is 11.7. The Morgan fingerprint density at radius 2 is 2.07 bits per heavy atom. The number of hydrogen-bond acceptors (Lipinski definition) is 3. The smallest absolute Gasteiger partial charge is 0.152 e. The van der Waals surface area contributed by atoms with Crippen LogP contribution in [0.4, 0.5) is 0 Å². The number of para-hydroxylation sites is 1. The first-order chi connectivity index (χ1) is 7.27. The highest BCUT2D eigenvalue weighted by atomic mass is 16.5. The molecular weight excluding hydrogens is 190 g/mol. The quantitative estimate of drug-likeness (QED) is 0.770. The summed E-state index contributed by atoms with van der Waals surface area (Å²) in [6, 6.07) is 9.29. The number of rotatable bonds is 6. The summed E-state index contributed by atoms with van der Waals surface area (Å²) < 4.78 is 5.50. The zero-order valence-corrected chi connectivity index (χ0v) is 9.19. The van der Waals surface area contributed by atoms with Crippen LogP contribution in [0.15, 0.2) is 30.3 Å². The molecule has 0 aromatic heterocycles. The fourth-order valence-corrected chi connectivity index (χ4v) is 1.28. The third-order valence-electron chi connectivity index (χ3n) is 2.25. The molecular formula is C12H17NO2. The number of Topliss-reactive ketones (excluding diaryl/α,β-unsaturated/α-hetero) is 1. The van der Waals surface area contributed by atoms with Gasteiger partial charge in [-0.1, -0.05) is 25.1 Å². The van der Waals surface area contributed by atoms with E-state index in [1.54, 1.807) is 7.05 Å². The van der Waals surface area contributed by atoms with Gasteiger partial charge in [0.05, 0.1) is 0 Å². The van der Waals surface area contributed by atoms with Gasteiger partial charge in [0.25, 0.3) is 0 Å².